The van der Waals surface area contributed by atoms with Gasteiger partial charge in [-0.15, -0.1) is 0 Å². The zero-order valence-electron chi connectivity index (χ0n) is 12.1. The van der Waals surface area contributed by atoms with Gasteiger partial charge in [0.2, 0.25) is 0 Å². The van der Waals surface area contributed by atoms with Crippen molar-refractivity contribution in [1.29, 1.82) is 0 Å². The van der Waals surface area contributed by atoms with Gasteiger partial charge in [0.15, 0.2) is 9.99 Å². The van der Waals surface area contributed by atoms with E-state index in [0.29, 0.717) is 0 Å². The van der Waals surface area contributed by atoms with Crippen molar-refractivity contribution in [2.24, 2.45) is 0 Å². The van der Waals surface area contributed by atoms with Crippen LogP contribution in [0.4, 0.5) is 0 Å². The number of halogens is 1. The standard InChI is InChI=1S/C15H19ClO3S/c1-11(17)15(16,10-13(18)19-14(2,3)4)20-12-8-6-5-7-9-12/h5-9H,10H2,1-4H3. The number of carbonyl (C=O) groups is 2. The van der Waals surface area contributed by atoms with E-state index in [9.17, 15) is 9.59 Å². The number of benzene rings is 1. The van der Waals surface area contributed by atoms with Gasteiger partial charge in [-0.25, -0.2) is 0 Å². The van der Waals surface area contributed by atoms with Crippen LogP contribution < -0.4 is 0 Å². The second-order valence-electron chi connectivity index (χ2n) is 5.46. The summed E-state index contributed by atoms with van der Waals surface area (Å²) >= 11 is 7.51. The number of hydrogen-bond acceptors (Lipinski definition) is 4. The molecule has 0 saturated heterocycles. The Morgan fingerprint density at radius 3 is 2.20 bits per heavy atom. The predicted molar refractivity (Wildman–Crippen MR) is 82.0 cm³/mol. The summed E-state index contributed by atoms with van der Waals surface area (Å²) in [6, 6.07) is 9.28. The van der Waals surface area contributed by atoms with Gasteiger partial charge < -0.3 is 4.74 Å². The molecule has 0 aliphatic heterocycles. The summed E-state index contributed by atoms with van der Waals surface area (Å²) in [6.45, 7) is 6.71. The minimum Gasteiger partial charge on any atom is -0.460 e. The SMILES string of the molecule is CC(=O)C(Cl)(CC(=O)OC(C)(C)C)Sc1ccccc1. The lowest BCUT2D eigenvalue weighted by atomic mass is 10.2. The van der Waals surface area contributed by atoms with Crippen LogP contribution >= 0.6 is 23.4 Å². The molecule has 3 nitrogen and oxygen atoms in total. The Labute approximate surface area is 129 Å². The smallest absolute Gasteiger partial charge is 0.309 e. The Morgan fingerprint density at radius 1 is 1.20 bits per heavy atom. The van der Waals surface area contributed by atoms with E-state index in [2.05, 4.69) is 0 Å². The number of alkyl halides is 1. The van der Waals surface area contributed by atoms with Crippen molar-refractivity contribution in [3.05, 3.63) is 30.3 Å². The summed E-state index contributed by atoms with van der Waals surface area (Å²) < 4.78 is 3.90. The molecule has 0 spiro atoms. The molecule has 20 heavy (non-hydrogen) atoms. The fourth-order valence-electron chi connectivity index (χ4n) is 1.47. The molecule has 0 N–H and O–H groups in total. The van der Waals surface area contributed by atoms with E-state index in [1.165, 1.54) is 18.7 Å². The first-order valence-electron chi connectivity index (χ1n) is 6.28. The van der Waals surface area contributed by atoms with E-state index in [1.54, 1.807) is 20.8 Å². The van der Waals surface area contributed by atoms with Crippen LogP contribution in [-0.2, 0) is 14.3 Å². The van der Waals surface area contributed by atoms with Gasteiger partial charge >= 0.3 is 5.97 Å². The highest BCUT2D eigenvalue weighted by Crippen LogP contribution is 2.40. The molecular formula is C15H19ClO3S. The maximum Gasteiger partial charge on any atom is 0.309 e. The second-order valence-corrected chi connectivity index (χ2v) is 7.70. The van der Waals surface area contributed by atoms with Gasteiger partial charge in [0.25, 0.3) is 0 Å². The van der Waals surface area contributed by atoms with Gasteiger partial charge in [-0.05, 0) is 39.8 Å². The van der Waals surface area contributed by atoms with Crippen LogP contribution in [-0.4, -0.2) is 21.6 Å². The summed E-state index contributed by atoms with van der Waals surface area (Å²) in [6.07, 6.45) is -0.166. The highest BCUT2D eigenvalue weighted by Gasteiger charge is 2.38. The van der Waals surface area contributed by atoms with Crippen molar-refractivity contribution >= 4 is 35.1 Å². The molecule has 0 amide bonds. The quantitative estimate of drug-likeness (QED) is 0.467. The number of rotatable bonds is 5. The normalized spacial score (nSPS) is 14.4. The summed E-state index contributed by atoms with van der Waals surface area (Å²) in [5.74, 6) is -0.745. The Morgan fingerprint density at radius 2 is 1.75 bits per heavy atom. The lowest BCUT2D eigenvalue weighted by Crippen LogP contribution is -2.33. The third-order valence-electron chi connectivity index (χ3n) is 2.34. The minimum absolute atomic E-state index is 0.166. The first-order valence-corrected chi connectivity index (χ1v) is 7.48. The van der Waals surface area contributed by atoms with Crippen molar-refractivity contribution < 1.29 is 14.3 Å². The topological polar surface area (TPSA) is 43.4 Å². The molecule has 0 aromatic heterocycles. The van der Waals surface area contributed by atoms with E-state index in [-0.39, 0.29) is 12.2 Å². The molecule has 1 rings (SSSR count). The predicted octanol–water partition coefficient (Wildman–Crippen LogP) is 4.03. The molecule has 0 saturated carbocycles. The van der Waals surface area contributed by atoms with Crippen LogP contribution in [0.1, 0.15) is 34.1 Å². The second kappa shape index (κ2) is 6.64. The molecule has 0 bridgehead atoms. The highest BCUT2D eigenvalue weighted by molar-refractivity contribution is 8.02. The Balaban J connectivity index is 2.82. The number of Topliss-reactive ketones (excluding diaryl/α,β-unsaturated/α-hetero) is 1. The summed E-state index contributed by atoms with van der Waals surface area (Å²) in [5.41, 5.74) is -0.594. The average molecular weight is 315 g/mol. The zero-order chi connectivity index (χ0) is 15.4. The third kappa shape index (κ3) is 5.55. The van der Waals surface area contributed by atoms with E-state index in [4.69, 9.17) is 16.3 Å². The molecular weight excluding hydrogens is 296 g/mol. The van der Waals surface area contributed by atoms with Crippen molar-refractivity contribution in [3.63, 3.8) is 0 Å². The molecule has 5 heteroatoms. The molecule has 1 atom stereocenters. The molecule has 0 aliphatic carbocycles. The van der Waals surface area contributed by atoms with Crippen LogP contribution in [0.25, 0.3) is 0 Å². The maximum absolute atomic E-state index is 11.9. The minimum atomic E-state index is -1.33. The highest BCUT2D eigenvalue weighted by atomic mass is 35.5. The zero-order valence-corrected chi connectivity index (χ0v) is 13.7. The fourth-order valence-corrected chi connectivity index (χ4v) is 2.85. The van der Waals surface area contributed by atoms with E-state index in [0.717, 1.165) is 4.90 Å². The fraction of sp³-hybridized carbons (Fsp3) is 0.467. The van der Waals surface area contributed by atoms with Gasteiger partial charge in [-0.3, -0.25) is 9.59 Å². The first kappa shape index (κ1) is 17.1. The lowest BCUT2D eigenvalue weighted by Gasteiger charge is -2.25. The van der Waals surface area contributed by atoms with Crippen LogP contribution in [0.15, 0.2) is 35.2 Å². The number of thioether (sulfide) groups is 1. The van der Waals surface area contributed by atoms with Crippen LogP contribution in [0, 0.1) is 0 Å². The van der Waals surface area contributed by atoms with Gasteiger partial charge in [0.05, 0.1) is 6.42 Å². The number of ether oxygens (including phenoxy) is 1. The van der Waals surface area contributed by atoms with Gasteiger partial charge in [-0.2, -0.15) is 0 Å². The lowest BCUT2D eigenvalue weighted by molar-refractivity contribution is -0.155. The summed E-state index contributed by atoms with van der Waals surface area (Å²) in [7, 11) is 0. The third-order valence-corrected chi connectivity index (χ3v) is 4.23. The molecule has 1 unspecified atom stereocenters. The van der Waals surface area contributed by atoms with Gasteiger partial charge in [0.1, 0.15) is 5.60 Å². The van der Waals surface area contributed by atoms with Gasteiger partial charge in [-0.1, -0.05) is 41.6 Å². The number of esters is 1. The molecule has 0 aliphatic rings. The van der Waals surface area contributed by atoms with Crippen molar-refractivity contribution in [2.45, 2.75) is 48.8 Å². The number of ketones is 1. The van der Waals surface area contributed by atoms with Crippen molar-refractivity contribution in [1.82, 2.24) is 0 Å². The Kier molecular flexibility index (Phi) is 5.66. The molecule has 0 radical (unpaired) electrons. The molecule has 0 heterocycles. The van der Waals surface area contributed by atoms with E-state index < -0.39 is 15.8 Å². The average Bonchev–Trinajstić information content (AvgIpc) is 2.26. The largest absolute Gasteiger partial charge is 0.460 e. The molecule has 0 fully saturated rings. The van der Waals surface area contributed by atoms with Gasteiger partial charge in [0, 0.05) is 4.90 Å². The Hall–Kier alpha value is -1.00. The van der Waals surface area contributed by atoms with E-state index >= 15 is 0 Å². The van der Waals surface area contributed by atoms with Crippen LogP contribution in [0.3, 0.4) is 0 Å². The maximum atomic E-state index is 11.9. The van der Waals surface area contributed by atoms with Crippen molar-refractivity contribution in [2.75, 3.05) is 0 Å². The molecule has 1 aromatic carbocycles. The summed E-state index contributed by atoms with van der Waals surface area (Å²) in [5, 5.41) is 0. The van der Waals surface area contributed by atoms with E-state index in [1.807, 2.05) is 30.3 Å². The molecule has 110 valence electrons. The van der Waals surface area contributed by atoms with Crippen LogP contribution in [0.5, 0.6) is 0 Å². The Bertz CT molecular complexity index is 482. The first-order chi connectivity index (χ1) is 9.12. The molecule has 1 aromatic rings. The monoisotopic (exact) mass is 314 g/mol. The van der Waals surface area contributed by atoms with Crippen molar-refractivity contribution in [3.8, 4) is 0 Å². The summed E-state index contributed by atoms with van der Waals surface area (Å²) in [4.78, 5) is 24.5. The van der Waals surface area contributed by atoms with Crippen LogP contribution in [0.2, 0.25) is 0 Å². The number of carbonyl (C=O) groups excluding carboxylic acids is 2. The number of hydrogen-bond donors (Lipinski definition) is 0.